The predicted molar refractivity (Wildman–Crippen MR) is 505 cm³/mol. The van der Waals surface area contributed by atoms with Gasteiger partial charge in [0.1, 0.15) is 0 Å². The highest BCUT2D eigenvalue weighted by Crippen LogP contribution is 2.70. The normalized spacial score (nSPS) is 26.3. The summed E-state index contributed by atoms with van der Waals surface area (Å²) in [6, 6.07) is 82.2. The number of hydrogen-bond donors (Lipinski definition) is 0. The number of para-hydroxylation sites is 4. The standard InChI is InChI=1S/C114H114N4/c1-67-61-87(71(5)99-103(67)115(75-37-21-17-22-38-75)111(13)57-33-29-53-107(99,111)9)79-45-49-83-91-65-93-85-51-47-81(89-63-69(3)105-101(73(89)7)109(11)55-31-35-59-113(109,15)117(105)77-41-25-19-26-42-77)96-82(90-64-70(4)106-102(74(90)8)110(12)56-32-36-60-114(110,16)118(106)78-43-27-20-28-44-78)48-52-86(98(85)96)94(93)66-92(91)84-50-46-80(95(79)97(83)84)88-62-68(2)104-100(72(88)6)108(10)54-30-34-58-112(108,14)116(104)76-39-23-18-24-40-76/h17-28,37-52,61-66H,29-36,53-60H2,1-16H3. The van der Waals surface area contributed by atoms with Crippen molar-refractivity contribution in [3.05, 3.63) is 273 Å². The Labute approximate surface area is 700 Å². The highest BCUT2D eigenvalue weighted by atomic mass is 15.3. The number of fused-ring (bicyclic) bond motifs is 18. The minimum atomic E-state index is -0.0812. The molecule has 0 amide bonds. The zero-order valence-corrected chi connectivity index (χ0v) is 72.7. The van der Waals surface area contributed by atoms with Gasteiger partial charge < -0.3 is 19.6 Å². The minimum Gasteiger partial charge on any atom is -0.334 e. The highest BCUT2D eigenvalue weighted by Gasteiger charge is 2.64. The zero-order valence-electron chi connectivity index (χ0n) is 72.7. The third-order valence-corrected chi connectivity index (χ3v) is 35.1. The van der Waals surface area contributed by atoms with Gasteiger partial charge in [-0.1, -0.05) is 200 Å². The van der Waals surface area contributed by atoms with Gasteiger partial charge in [-0.15, -0.1) is 0 Å². The summed E-state index contributed by atoms with van der Waals surface area (Å²) in [6.45, 7) is 40.9. The lowest BCUT2D eigenvalue weighted by Crippen LogP contribution is -2.54. The molecule has 8 unspecified atom stereocenters. The second-order valence-corrected chi connectivity index (χ2v) is 40.4. The molecule has 4 fully saturated rings. The maximum absolute atomic E-state index is 2.80. The summed E-state index contributed by atoms with van der Waals surface area (Å²) >= 11 is 0. The topological polar surface area (TPSA) is 13.0 Å². The smallest absolute Gasteiger partial charge is 0.0518 e. The van der Waals surface area contributed by atoms with Crippen LogP contribution in [0.1, 0.15) is 225 Å². The van der Waals surface area contributed by atoms with E-state index in [1.807, 2.05) is 0 Å². The fraction of sp³-hybridized carbons (Fsp3) is 0.351. The molecule has 0 N–H and O–H groups in total. The Morgan fingerprint density at radius 3 is 0.619 bits per heavy atom. The molecule has 118 heavy (non-hydrogen) atoms. The van der Waals surface area contributed by atoms with E-state index >= 15 is 0 Å². The van der Waals surface area contributed by atoms with Crippen LogP contribution in [0.3, 0.4) is 0 Å². The number of benzene rings is 13. The number of rotatable bonds is 8. The number of hydrogen-bond acceptors (Lipinski definition) is 4. The molecule has 23 rings (SSSR count). The fourth-order valence-electron chi connectivity index (χ4n) is 28.8. The van der Waals surface area contributed by atoms with Gasteiger partial charge in [0.2, 0.25) is 0 Å². The maximum atomic E-state index is 2.80. The molecule has 0 spiro atoms. The summed E-state index contributed by atoms with van der Waals surface area (Å²) in [7, 11) is 0. The Morgan fingerprint density at radius 1 is 0.203 bits per heavy atom. The van der Waals surface area contributed by atoms with Crippen LogP contribution in [0.25, 0.3) is 109 Å². The molecular formula is C114H114N4. The molecule has 4 aliphatic heterocycles. The Hall–Kier alpha value is -10.4. The first-order valence-electron chi connectivity index (χ1n) is 45.3. The summed E-state index contributed by atoms with van der Waals surface area (Å²) < 4.78 is 0. The minimum absolute atomic E-state index is 0.0611. The number of anilines is 8. The average molecular weight is 1540 g/mol. The van der Waals surface area contributed by atoms with E-state index in [1.54, 1.807) is 22.3 Å². The average Bonchev–Trinajstić information content (AvgIpc) is 1.52. The lowest BCUT2D eigenvalue weighted by molar-refractivity contribution is 0.194. The molecule has 4 heteroatoms. The van der Waals surface area contributed by atoms with E-state index in [0.717, 1.165) is 25.7 Å². The van der Waals surface area contributed by atoms with Crippen molar-refractivity contribution >= 4 is 110 Å². The van der Waals surface area contributed by atoms with Crippen LogP contribution >= 0.6 is 0 Å². The van der Waals surface area contributed by atoms with Crippen molar-refractivity contribution in [3.63, 3.8) is 0 Å². The SMILES string of the molecule is Cc1cc(-c2ccc3c4cc5c(cc4c4ccc(-c6cc(C)c7c(c6C)C6(C)CCCCC6(C)N7c6ccccc6)c2c34)c2ccc(-c3cc(C)c4c(c3C)C3(C)CCCCC3(C)N4c3ccccc3)c3c(-c4cc(C)c6c(c4C)C4(C)CCCCC4(C)N6c4ccccc4)ccc5c32)c(C)c2c1N(c1ccccc1)C1(C)CCCCC21C. The molecule has 4 nitrogen and oxygen atoms in total. The molecule has 4 heterocycles. The van der Waals surface area contributed by atoms with E-state index in [-0.39, 0.29) is 43.8 Å². The van der Waals surface area contributed by atoms with Crippen molar-refractivity contribution in [1.82, 2.24) is 0 Å². The highest BCUT2D eigenvalue weighted by molar-refractivity contribution is 6.40. The number of nitrogens with zero attached hydrogens (tertiary/aromatic N) is 4. The monoisotopic (exact) mass is 1540 g/mol. The Morgan fingerprint density at radius 2 is 0.407 bits per heavy atom. The lowest BCUT2D eigenvalue weighted by atomic mass is 9.60. The van der Waals surface area contributed by atoms with Crippen LogP contribution in [0.2, 0.25) is 0 Å². The van der Waals surface area contributed by atoms with Gasteiger partial charge in [-0.05, 0) is 395 Å². The van der Waals surface area contributed by atoms with Crippen LogP contribution in [-0.2, 0) is 21.7 Å². The van der Waals surface area contributed by atoms with Crippen molar-refractivity contribution in [3.8, 4) is 44.5 Å². The van der Waals surface area contributed by atoms with Gasteiger partial charge >= 0.3 is 0 Å². The molecule has 0 bridgehead atoms. The van der Waals surface area contributed by atoms with Crippen LogP contribution in [-0.4, -0.2) is 22.2 Å². The molecule has 15 aromatic carbocycles. The van der Waals surface area contributed by atoms with Crippen molar-refractivity contribution in [2.45, 2.75) is 257 Å². The molecule has 0 saturated heterocycles. The van der Waals surface area contributed by atoms with Gasteiger partial charge in [0, 0.05) is 67.2 Å². The summed E-state index contributed by atoms with van der Waals surface area (Å²) in [4.78, 5) is 11.2. The second kappa shape index (κ2) is 24.6. The summed E-state index contributed by atoms with van der Waals surface area (Å²) in [5, 5.41) is 16.3. The van der Waals surface area contributed by atoms with E-state index in [1.165, 1.54) is 276 Å². The molecule has 590 valence electrons. The third kappa shape index (κ3) is 8.83. The van der Waals surface area contributed by atoms with E-state index < -0.39 is 0 Å². The van der Waals surface area contributed by atoms with E-state index in [9.17, 15) is 0 Å². The van der Waals surface area contributed by atoms with Gasteiger partial charge in [-0.3, -0.25) is 0 Å². The van der Waals surface area contributed by atoms with Crippen molar-refractivity contribution < 1.29 is 0 Å². The summed E-state index contributed by atoms with van der Waals surface area (Å²) in [5.74, 6) is 0. The van der Waals surface area contributed by atoms with Gasteiger partial charge in [-0.2, -0.15) is 0 Å². The van der Waals surface area contributed by atoms with Gasteiger partial charge in [-0.25, -0.2) is 0 Å². The van der Waals surface area contributed by atoms with Crippen LogP contribution in [0, 0.1) is 55.4 Å². The van der Waals surface area contributed by atoms with Gasteiger partial charge in [0.15, 0.2) is 0 Å². The van der Waals surface area contributed by atoms with Gasteiger partial charge in [0.25, 0.3) is 0 Å². The van der Waals surface area contributed by atoms with Crippen LogP contribution in [0.15, 0.2) is 206 Å². The largest absolute Gasteiger partial charge is 0.334 e. The predicted octanol–water partition coefficient (Wildman–Crippen LogP) is 31.6. The lowest BCUT2D eigenvalue weighted by Gasteiger charge is -2.50. The van der Waals surface area contributed by atoms with Crippen LogP contribution in [0.4, 0.5) is 45.5 Å². The first kappa shape index (κ1) is 72.8. The first-order chi connectivity index (χ1) is 56.9. The van der Waals surface area contributed by atoms with Crippen molar-refractivity contribution in [1.29, 1.82) is 0 Å². The number of aryl methyl sites for hydroxylation is 4. The summed E-state index contributed by atoms with van der Waals surface area (Å²) in [6.07, 6.45) is 19.3. The van der Waals surface area contributed by atoms with E-state index in [4.69, 9.17) is 0 Å². The Balaban J connectivity index is 0.796. The van der Waals surface area contributed by atoms with Crippen LogP contribution < -0.4 is 19.6 Å². The summed E-state index contributed by atoms with van der Waals surface area (Å²) in [5.41, 5.74) is 38.8. The molecular weight excluding hydrogens is 1430 g/mol. The molecule has 4 saturated carbocycles. The Bertz CT molecular complexity index is 6020. The van der Waals surface area contributed by atoms with Crippen LogP contribution in [0.5, 0.6) is 0 Å². The van der Waals surface area contributed by atoms with Crippen molar-refractivity contribution in [2.24, 2.45) is 0 Å². The van der Waals surface area contributed by atoms with E-state index in [2.05, 4.69) is 337 Å². The second-order valence-electron chi connectivity index (χ2n) is 40.4. The molecule has 8 aliphatic rings. The van der Waals surface area contributed by atoms with Crippen molar-refractivity contribution in [2.75, 3.05) is 19.6 Å². The maximum Gasteiger partial charge on any atom is 0.0518 e. The zero-order chi connectivity index (χ0) is 80.8. The Kier molecular flexibility index (Phi) is 15.2. The molecule has 15 aromatic rings. The first-order valence-corrected chi connectivity index (χ1v) is 45.3. The molecule has 8 atom stereocenters. The third-order valence-electron chi connectivity index (χ3n) is 35.1. The van der Waals surface area contributed by atoms with E-state index in [0.29, 0.717) is 0 Å². The molecule has 0 aromatic heterocycles. The quantitative estimate of drug-likeness (QED) is 0.150. The molecule has 4 aliphatic carbocycles. The fourth-order valence-corrected chi connectivity index (χ4v) is 28.8. The van der Waals surface area contributed by atoms with Gasteiger partial charge in [0.05, 0.1) is 22.2 Å². The molecule has 0 radical (unpaired) electrons.